The normalized spacial score (nSPS) is 26.3. The lowest BCUT2D eigenvalue weighted by molar-refractivity contribution is -0.384. The number of nitro benzene ring substituents is 1. The third-order valence-electron chi connectivity index (χ3n) is 16.6. The highest BCUT2D eigenvalue weighted by atomic mass is 32.2. The Bertz CT molecular complexity index is 3020. The number of nitrogens with one attached hydrogen (secondary N) is 3. The maximum Gasteiger partial charge on any atom is 0.297 e. The smallest absolute Gasteiger partial charge is 0.297 e. The lowest BCUT2D eigenvalue weighted by Crippen LogP contribution is -2.55. The quantitative estimate of drug-likeness (QED) is 0.0927. The van der Waals surface area contributed by atoms with E-state index in [4.69, 9.17) is 28.7 Å². The molecule has 6 fully saturated rings. The van der Waals surface area contributed by atoms with Gasteiger partial charge in [0.15, 0.2) is 11.4 Å². The summed E-state index contributed by atoms with van der Waals surface area (Å²) in [6.45, 7) is 4.77. The zero-order valence-corrected chi connectivity index (χ0v) is 40.2. The lowest BCUT2D eigenvalue weighted by Gasteiger charge is -2.56. The van der Waals surface area contributed by atoms with E-state index in [9.17, 15) is 23.3 Å². The van der Waals surface area contributed by atoms with E-state index in [0.717, 1.165) is 55.5 Å². The van der Waals surface area contributed by atoms with Gasteiger partial charge in [0.2, 0.25) is 5.88 Å². The van der Waals surface area contributed by atoms with E-state index in [-0.39, 0.29) is 36.3 Å². The number of benzene rings is 3. The molecule has 4 saturated heterocycles. The van der Waals surface area contributed by atoms with Gasteiger partial charge in [0.25, 0.3) is 21.6 Å². The van der Waals surface area contributed by atoms with Crippen LogP contribution < -0.4 is 29.3 Å². The number of rotatable bonds is 10. The van der Waals surface area contributed by atoms with Gasteiger partial charge in [-0.2, -0.15) is 4.98 Å². The Hall–Kier alpha value is -5.99. The van der Waals surface area contributed by atoms with Gasteiger partial charge in [0.05, 0.1) is 59.6 Å². The Labute approximate surface area is 411 Å². The number of ether oxygens (including phenoxy) is 5. The summed E-state index contributed by atoms with van der Waals surface area (Å²) in [6.07, 6.45) is 11.2. The number of likely N-dealkylation sites (tertiary alicyclic amines) is 1. The topological polar surface area (TPSA) is 203 Å². The fraction of sp³-hybridized carbons (Fsp3) is 0.500. The number of hydrogen-bond acceptors (Lipinski definition) is 15. The van der Waals surface area contributed by atoms with Crippen LogP contribution in [-0.2, 0) is 24.2 Å². The van der Waals surface area contributed by atoms with Crippen LogP contribution in [-0.4, -0.2) is 124 Å². The molecule has 0 unspecified atom stereocenters. The van der Waals surface area contributed by atoms with Crippen LogP contribution in [0.1, 0.15) is 91.2 Å². The molecule has 13 rings (SSSR count). The number of piperidine rings is 1. The number of hydrogen-bond donors (Lipinski definition) is 3. The molecule has 19 heteroatoms. The van der Waals surface area contributed by atoms with Gasteiger partial charge in [-0.25, -0.2) is 13.1 Å². The third-order valence-corrected chi connectivity index (χ3v) is 17.9. The van der Waals surface area contributed by atoms with Crippen molar-refractivity contribution in [1.29, 1.82) is 0 Å². The lowest BCUT2D eigenvalue weighted by atomic mass is 9.59. The van der Waals surface area contributed by atoms with E-state index in [0.29, 0.717) is 73.2 Å². The average Bonchev–Trinajstić information content (AvgIpc) is 3.94. The minimum Gasteiger partial charge on any atom is -0.489 e. The molecule has 2 aliphatic carbocycles. The number of pyridine rings is 1. The summed E-state index contributed by atoms with van der Waals surface area (Å²) in [4.78, 5) is 41.4. The number of carbonyl (C=O) groups excluding carboxylic acids is 1. The Balaban J connectivity index is 0.793. The second kappa shape index (κ2) is 17.6. The second-order valence-corrected chi connectivity index (χ2v) is 22.5. The molecule has 8 aliphatic rings. The first kappa shape index (κ1) is 44.9. The molecule has 0 bridgehead atoms. The molecule has 3 N–H and O–H groups in total. The summed E-state index contributed by atoms with van der Waals surface area (Å²) >= 11 is 0. The molecule has 71 heavy (non-hydrogen) atoms. The standard InChI is InChI=1S/C52H58N8O10S/c61-50(56-71(64,65)35-24-43(60(62)63)48-45(25-35)69-28-39(54-48)46-29-67-20-21-68-46)38-10-9-33(23-42(38)59-41-12-19-66-30-47(41)70-51-44(59)22-32-11-15-53-49(32)55-51)57-17-13-52(14-18-57)26-34(27-52)58-16-3-6-40(58)37-5-2-1-4-36(37)31-7-8-31/h1-2,4-5,9-11,15,22-25,31,34,39-41,46-47,54H,3,6-8,12-14,16-21,26-30H2,(H,53,55)(H,56,61)/t39-,40+,41-,46-,47-/m1/s1. The van der Waals surface area contributed by atoms with E-state index in [1.54, 1.807) is 17.2 Å². The summed E-state index contributed by atoms with van der Waals surface area (Å²) < 4.78 is 60.6. The predicted octanol–water partition coefficient (Wildman–Crippen LogP) is 7.33. The fourth-order valence-electron chi connectivity index (χ4n) is 12.7. The van der Waals surface area contributed by atoms with Crippen molar-refractivity contribution in [3.8, 4) is 11.6 Å². The van der Waals surface area contributed by atoms with Crippen molar-refractivity contribution in [2.45, 2.75) is 105 Å². The highest BCUT2D eigenvalue weighted by Gasteiger charge is 2.51. The third kappa shape index (κ3) is 8.13. The summed E-state index contributed by atoms with van der Waals surface area (Å²) in [6, 6.07) is 21.2. The molecule has 1 spiro atoms. The molecular formula is C52H58N8O10S. The van der Waals surface area contributed by atoms with Crippen molar-refractivity contribution in [2.75, 3.05) is 74.4 Å². The summed E-state index contributed by atoms with van der Waals surface area (Å²) in [5, 5.41) is 16.5. The number of carbonyl (C=O) groups is 1. The van der Waals surface area contributed by atoms with E-state index < -0.39 is 49.7 Å². The van der Waals surface area contributed by atoms with Gasteiger partial charge in [-0.1, -0.05) is 24.3 Å². The summed E-state index contributed by atoms with van der Waals surface area (Å²) in [5.41, 5.74) is 5.74. The van der Waals surface area contributed by atoms with Gasteiger partial charge in [-0.3, -0.25) is 19.8 Å². The molecule has 18 nitrogen and oxygen atoms in total. The van der Waals surface area contributed by atoms with Gasteiger partial charge in [-0.05, 0) is 117 Å². The minimum atomic E-state index is -4.71. The molecule has 8 heterocycles. The molecule has 2 aromatic heterocycles. The first-order valence-electron chi connectivity index (χ1n) is 25.3. The molecule has 3 aromatic carbocycles. The Morgan fingerprint density at radius 2 is 1.69 bits per heavy atom. The maximum absolute atomic E-state index is 14.8. The van der Waals surface area contributed by atoms with Gasteiger partial charge < -0.3 is 43.8 Å². The molecule has 2 saturated carbocycles. The fourth-order valence-corrected chi connectivity index (χ4v) is 13.7. The van der Waals surface area contributed by atoms with E-state index in [2.05, 4.69) is 54.0 Å². The predicted molar refractivity (Wildman–Crippen MR) is 264 cm³/mol. The Morgan fingerprint density at radius 1 is 0.873 bits per heavy atom. The van der Waals surface area contributed by atoms with E-state index >= 15 is 0 Å². The van der Waals surface area contributed by atoms with Crippen LogP contribution in [0.3, 0.4) is 0 Å². The van der Waals surface area contributed by atoms with Crippen molar-refractivity contribution >= 4 is 55.4 Å². The van der Waals surface area contributed by atoms with Gasteiger partial charge in [0.1, 0.15) is 30.1 Å². The Kier molecular flexibility index (Phi) is 11.2. The van der Waals surface area contributed by atoms with Crippen LogP contribution in [0.25, 0.3) is 11.0 Å². The van der Waals surface area contributed by atoms with Crippen molar-refractivity contribution in [2.24, 2.45) is 5.41 Å². The average molecular weight is 987 g/mol. The van der Waals surface area contributed by atoms with Crippen LogP contribution in [0.4, 0.5) is 28.4 Å². The monoisotopic (exact) mass is 986 g/mol. The Morgan fingerprint density at radius 3 is 2.49 bits per heavy atom. The van der Waals surface area contributed by atoms with Gasteiger partial charge >= 0.3 is 0 Å². The molecule has 5 aromatic rings. The van der Waals surface area contributed by atoms with Crippen LogP contribution in [0.5, 0.6) is 11.6 Å². The van der Waals surface area contributed by atoms with Crippen molar-refractivity contribution in [3.05, 3.63) is 99.7 Å². The number of amides is 1. The SMILES string of the molecule is O=C(NS(=O)(=O)c1cc2c(c([N+](=O)[O-])c1)N[C@@H]([C@H]1COCCO1)CO2)c1ccc(N2CCC3(CC2)CC(N2CCC[C@H]2c2ccccc2C2CC2)C3)cc1N1c2cc3cc[nH]c3nc2O[C@@H]2COCC[C@H]21. The van der Waals surface area contributed by atoms with Gasteiger partial charge in [-0.15, -0.1) is 0 Å². The summed E-state index contributed by atoms with van der Waals surface area (Å²) in [5.74, 6) is 0.176. The number of fused-ring (bicyclic) bond motifs is 4. The zero-order chi connectivity index (χ0) is 48.0. The van der Waals surface area contributed by atoms with E-state index in [1.807, 2.05) is 30.5 Å². The number of aromatic amines is 1. The summed E-state index contributed by atoms with van der Waals surface area (Å²) in [7, 11) is -4.71. The number of sulfonamides is 1. The number of anilines is 4. The number of nitro groups is 1. The van der Waals surface area contributed by atoms with Crippen LogP contribution in [0, 0.1) is 15.5 Å². The molecule has 5 atom stereocenters. The first-order valence-corrected chi connectivity index (χ1v) is 26.8. The van der Waals surface area contributed by atoms with Crippen molar-refractivity contribution in [1.82, 2.24) is 19.6 Å². The van der Waals surface area contributed by atoms with Crippen molar-refractivity contribution in [3.63, 3.8) is 0 Å². The molecule has 0 radical (unpaired) electrons. The van der Waals surface area contributed by atoms with Crippen molar-refractivity contribution < 1.29 is 41.8 Å². The van der Waals surface area contributed by atoms with Crippen LogP contribution in [0.15, 0.2) is 77.8 Å². The van der Waals surface area contributed by atoms with Crippen LogP contribution in [0.2, 0.25) is 0 Å². The van der Waals surface area contributed by atoms with Crippen LogP contribution >= 0.6 is 0 Å². The molecule has 1 amide bonds. The maximum atomic E-state index is 14.8. The molecule has 372 valence electrons. The number of nitrogens with zero attached hydrogens (tertiary/aromatic N) is 5. The minimum absolute atomic E-state index is 0.0250. The largest absolute Gasteiger partial charge is 0.489 e. The zero-order valence-electron chi connectivity index (χ0n) is 39.4. The number of H-pyrrole nitrogens is 1. The second-order valence-electron chi connectivity index (χ2n) is 20.8. The first-order chi connectivity index (χ1) is 34.6. The van der Waals surface area contributed by atoms with E-state index in [1.165, 1.54) is 44.6 Å². The molecular weight excluding hydrogens is 929 g/mol. The molecule has 6 aliphatic heterocycles. The highest BCUT2D eigenvalue weighted by molar-refractivity contribution is 7.90. The van der Waals surface area contributed by atoms with Gasteiger partial charge in [0, 0.05) is 61.2 Å². The highest BCUT2D eigenvalue weighted by Crippen LogP contribution is 2.55. The number of aromatic nitrogens is 2.